The molecule has 0 atom stereocenters. The van der Waals surface area contributed by atoms with Crippen molar-refractivity contribution in [1.82, 2.24) is 4.98 Å². The first-order valence-electron chi connectivity index (χ1n) is 8.75. The third-order valence-corrected chi connectivity index (χ3v) is 4.58. The van der Waals surface area contributed by atoms with Crippen LogP contribution >= 0.6 is 0 Å². The Bertz CT molecular complexity index is 927. The molecule has 26 heavy (non-hydrogen) atoms. The molecule has 0 amide bonds. The molecule has 2 heterocycles. The van der Waals surface area contributed by atoms with Gasteiger partial charge in [0.2, 0.25) is 0 Å². The average Bonchev–Trinajstić information content (AvgIpc) is 2.74. The minimum Gasteiger partial charge on any atom is -0.378 e. The van der Waals surface area contributed by atoms with Crippen LogP contribution in [0.5, 0.6) is 0 Å². The Balaban J connectivity index is 1.93. The van der Waals surface area contributed by atoms with Crippen LogP contribution in [0.15, 0.2) is 66.7 Å². The van der Waals surface area contributed by atoms with Crippen LogP contribution in [0, 0.1) is 11.3 Å². The molecule has 4 rings (SSSR count). The van der Waals surface area contributed by atoms with E-state index in [0.717, 1.165) is 41.3 Å². The predicted molar refractivity (Wildman–Crippen MR) is 103 cm³/mol. The van der Waals surface area contributed by atoms with E-state index in [4.69, 9.17) is 9.72 Å². The van der Waals surface area contributed by atoms with Gasteiger partial charge in [0.25, 0.3) is 0 Å². The Hall–Kier alpha value is -3.16. The lowest BCUT2D eigenvalue weighted by Gasteiger charge is -2.30. The van der Waals surface area contributed by atoms with E-state index in [9.17, 15) is 5.26 Å². The molecule has 0 N–H and O–H groups in total. The summed E-state index contributed by atoms with van der Waals surface area (Å²) in [4.78, 5) is 7.08. The lowest BCUT2D eigenvalue weighted by Crippen LogP contribution is -2.36. The van der Waals surface area contributed by atoms with E-state index in [1.165, 1.54) is 0 Å². The Morgan fingerprint density at radius 3 is 2.12 bits per heavy atom. The molecule has 0 saturated carbocycles. The van der Waals surface area contributed by atoms with Crippen molar-refractivity contribution in [2.45, 2.75) is 0 Å². The van der Waals surface area contributed by atoms with E-state index in [1.807, 2.05) is 66.7 Å². The Labute approximate surface area is 153 Å². The molecule has 1 aromatic heterocycles. The lowest BCUT2D eigenvalue weighted by molar-refractivity contribution is 0.122. The van der Waals surface area contributed by atoms with Gasteiger partial charge in [0.05, 0.1) is 30.3 Å². The van der Waals surface area contributed by atoms with Crippen LogP contribution in [-0.4, -0.2) is 31.3 Å². The van der Waals surface area contributed by atoms with Crippen molar-refractivity contribution < 1.29 is 4.74 Å². The van der Waals surface area contributed by atoms with Gasteiger partial charge in [-0.2, -0.15) is 5.26 Å². The second-order valence-corrected chi connectivity index (χ2v) is 6.19. The first-order valence-corrected chi connectivity index (χ1v) is 8.75. The number of rotatable bonds is 3. The van der Waals surface area contributed by atoms with Gasteiger partial charge in [0.15, 0.2) is 0 Å². The SMILES string of the molecule is N#Cc1c(N2CCOCC2)cc(-c2ccccc2)nc1-c1ccccc1. The van der Waals surface area contributed by atoms with Gasteiger partial charge >= 0.3 is 0 Å². The summed E-state index contributed by atoms with van der Waals surface area (Å²) in [6.45, 7) is 2.91. The topological polar surface area (TPSA) is 49.2 Å². The van der Waals surface area contributed by atoms with Crippen molar-refractivity contribution in [1.29, 1.82) is 5.26 Å². The molecule has 0 unspecified atom stereocenters. The summed E-state index contributed by atoms with van der Waals surface area (Å²) in [6.07, 6.45) is 0. The number of hydrogen-bond acceptors (Lipinski definition) is 4. The zero-order valence-corrected chi connectivity index (χ0v) is 14.4. The zero-order valence-electron chi connectivity index (χ0n) is 14.4. The predicted octanol–water partition coefficient (Wildman–Crippen LogP) is 4.12. The number of benzene rings is 2. The maximum absolute atomic E-state index is 9.90. The van der Waals surface area contributed by atoms with Crippen molar-refractivity contribution in [2.75, 3.05) is 31.2 Å². The van der Waals surface area contributed by atoms with E-state index < -0.39 is 0 Å². The summed E-state index contributed by atoms with van der Waals surface area (Å²) >= 11 is 0. The number of anilines is 1. The summed E-state index contributed by atoms with van der Waals surface area (Å²) in [5.41, 5.74) is 5.17. The van der Waals surface area contributed by atoms with E-state index >= 15 is 0 Å². The monoisotopic (exact) mass is 341 g/mol. The number of nitrogens with zero attached hydrogens (tertiary/aromatic N) is 3. The second-order valence-electron chi connectivity index (χ2n) is 6.19. The van der Waals surface area contributed by atoms with Gasteiger partial charge in [-0.1, -0.05) is 60.7 Å². The number of aromatic nitrogens is 1. The molecular formula is C22H19N3O. The van der Waals surface area contributed by atoms with Crippen molar-refractivity contribution in [3.63, 3.8) is 0 Å². The number of morpholine rings is 1. The molecule has 0 bridgehead atoms. The fourth-order valence-electron chi connectivity index (χ4n) is 3.26. The first kappa shape index (κ1) is 16.3. The standard InChI is InChI=1S/C22H19N3O/c23-16-19-21(25-11-13-26-14-12-25)15-20(17-7-3-1-4-8-17)24-22(19)18-9-5-2-6-10-18/h1-10,15H,11-14H2. The van der Waals surface area contributed by atoms with Gasteiger partial charge in [0.1, 0.15) is 11.6 Å². The number of nitriles is 1. The smallest absolute Gasteiger partial charge is 0.104 e. The van der Waals surface area contributed by atoms with Crippen LogP contribution in [-0.2, 0) is 4.74 Å². The van der Waals surface area contributed by atoms with Crippen LogP contribution < -0.4 is 4.90 Å². The van der Waals surface area contributed by atoms with Crippen molar-refractivity contribution in [3.8, 4) is 28.6 Å². The molecule has 0 aliphatic carbocycles. The molecule has 3 aromatic rings. The number of pyridine rings is 1. The van der Waals surface area contributed by atoms with Crippen LogP contribution in [0.3, 0.4) is 0 Å². The first-order chi connectivity index (χ1) is 12.9. The molecule has 1 aliphatic heterocycles. The fraction of sp³-hybridized carbons (Fsp3) is 0.182. The molecule has 2 aromatic carbocycles. The minimum absolute atomic E-state index is 0.623. The summed E-state index contributed by atoms with van der Waals surface area (Å²) in [5.74, 6) is 0. The maximum atomic E-state index is 9.90. The molecule has 0 radical (unpaired) electrons. The quantitative estimate of drug-likeness (QED) is 0.719. The average molecular weight is 341 g/mol. The van der Waals surface area contributed by atoms with E-state index in [0.29, 0.717) is 18.8 Å². The van der Waals surface area contributed by atoms with Crippen molar-refractivity contribution in [2.24, 2.45) is 0 Å². The third-order valence-electron chi connectivity index (χ3n) is 4.58. The van der Waals surface area contributed by atoms with Gasteiger partial charge < -0.3 is 9.64 Å². The molecule has 1 aliphatic rings. The second kappa shape index (κ2) is 7.38. The third kappa shape index (κ3) is 3.17. The number of hydrogen-bond donors (Lipinski definition) is 0. The molecule has 1 fully saturated rings. The molecule has 128 valence electrons. The highest BCUT2D eigenvalue weighted by molar-refractivity contribution is 5.80. The molecule has 4 heteroatoms. The van der Waals surface area contributed by atoms with E-state index in [-0.39, 0.29) is 0 Å². The minimum atomic E-state index is 0.623. The van der Waals surface area contributed by atoms with Crippen LogP contribution in [0.2, 0.25) is 0 Å². The molecule has 0 spiro atoms. The number of ether oxygens (including phenoxy) is 1. The molecule has 1 saturated heterocycles. The fourth-order valence-corrected chi connectivity index (χ4v) is 3.26. The summed E-state index contributed by atoms with van der Waals surface area (Å²) in [5, 5.41) is 9.90. The Morgan fingerprint density at radius 1 is 0.885 bits per heavy atom. The van der Waals surface area contributed by atoms with Crippen LogP contribution in [0.25, 0.3) is 22.5 Å². The summed E-state index contributed by atoms with van der Waals surface area (Å²) in [6, 6.07) is 24.5. The highest BCUT2D eigenvalue weighted by Gasteiger charge is 2.21. The summed E-state index contributed by atoms with van der Waals surface area (Å²) < 4.78 is 5.48. The van der Waals surface area contributed by atoms with Gasteiger partial charge in [0, 0.05) is 24.2 Å². The van der Waals surface area contributed by atoms with E-state index in [2.05, 4.69) is 11.0 Å². The van der Waals surface area contributed by atoms with Crippen LogP contribution in [0.4, 0.5) is 5.69 Å². The molecule has 4 nitrogen and oxygen atoms in total. The van der Waals surface area contributed by atoms with Crippen molar-refractivity contribution in [3.05, 3.63) is 72.3 Å². The van der Waals surface area contributed by atoms with Gasteiger partial charge in [-0.15, -0.1) is 0 Å². The Morgan fingerprint density at radius 2 is 1.50 bits per heavy atom. The highest BCUT2D eigenvalue weighted by Crippen LogP contribution is 2.34. The largest absolute Gasteiger partial charge is 0.378 e. The van der Waals surface area contributed by atoms with Crippen molar-refractivity contribution >= 4 is 5.69 Å². The zero-order chi connectivity index (χ0) is 17.8. The summed E-state index contributed by atoms with van der Waals surface area (Å²) in [7, 11) is 0. The van der Waals surface area contributed by atoms with Gasteiger partial charge in [-0.3, -0.25) is 0 Å². The van der Waals surface area contributed by atoms with E-state index in [1.54, 1.807) is 0 Å². The normalized spacial score (nSPS) is 14.0. The highest BCUT2D eigenvalue weighted by atomic mass is 16.5. The van der Waals surface area contributed by atoms with Gasteiger partial charge in [-0.05, 0) is 6.07 Å². The lowest BCUT2D eigenvalue weighted by atomic mass is 10.0. The molecular weight excluding hydrogens is 322 g/mol. The Kier molecular flexibility index (Phi) is 4.63. The maximum Gasteiger partial charge on any atom is 0.104 e. The van der Waals surface area contributed by atoms with Gasteiger partial charge in [-0.25, -0.2) is 4.98 Å². The van der Waals surface area contributed by atoms with Crippen LogP contribution in [0.1, 0.15) is 5.56 Å².